The normalized spacial score (nSPS) is 15.9. The van der Waals surface area contributed by atoms with E-state index < -0.39 is 19.9 Å². The Hall–Kier alpha value is -1.61. The second kappa shape index (κ2) is 8.18. The van der Waals surface area contributed by atoms with Crippen LogP contribution in [0.15, 0.2) is 24.3 Å². The molecular weight excluding hydrogens is 364 g/mol. The first-order valence-corrected chi connectivity index (χ1v) is 11.8. The minimum atomic E-state index is -3.42. The summed E-state index contributed by atoms with van der Waals surface area (Å²) in [6, 6.07) is 6.72. The highest BCUT2D eigenvalue weighted by Crippen LogP contribution is 2.25. The molecule has 2 rings (SSSR count). The third kappa shape index (κ3) is 6.32. The van der Waals surface area contributed by atoms with Crippen LogP contribution in [-0.4, -0.2) is 40.0 Å². The Morgan fingerprint density at radius 2 is 1.76 bits per heavy atom. The van der Waals surface area contributed by atoms with Crippen molar-refractivity contribution in [1.82, 2.24) is 5.32 Å². The summed E-state index contributed by atoms with van der Waals surface area (Å²) >= 11 is 0. The molecule has 0 radical (unpaired) electrons. The van der Waals surface area contributed by atoms with Gasteiger partial charge in [-0.15, -0.1) is 0 Å². The zero-order valence-electron chi connectivity index (χ0n) is 14.2. The van der Waals surface area contributed by atoms with Crippen LogP contribution in [0, 0.1) is 0 Å². The van der Waals surface area contributed by atoms with Crippen LogP contribution in [0.5, 0.6) is 0 Å². The number of nitrogens with one attached hydrogen (secondary N) is 2. The second-order valence-corrected chi connectivity index (χ2v) is 10.5. The SMILES string of the molecule is CS(=O)(=O)Nc1ccccc1CNC(=O)CCS(=O)(=O)C1CCCC1. The van der Waals surface area contributed by atoms with E-state index in [2.05, 4.69) is 10.0 Å². The van der Waals surface area contributed by atoms with Crippen molar-refractivity contribution in [3.63, 3.8) is 0 Å². The third-order valence-corrected chi connectivity index (χ3v) is 7.06. The van der Waals surface area contributed by atoms with Crippen LogP contribution in [0.1, 0.15) is 37.7 Å². The molecule has 7 nitrogen and oxygen atoms in total. The number of para-hydroxylation sites is 1. The molecule has 0 aromatic heterocycles. The van der Waals surface area contributed by atoms with E-state index in [0.29, 0.717) is 24.1 Å². The second-order valence-electron chi connectivity index (χ2n) is 6.33. The number of anilines is 1. The Balaban J connectivity index is 1.88. The number of rotatable bonds is 8. The molecule has 0 unspecified atom stereocenters. The molecule has 0 heterocycles. The average molecular weight is 389 g/mol. The largest absolute Gasteiger partial charge is 0.352 e. The summed E-state index contributed by atoms with van der Waals surface area (Å²) in [5.74, 6) is -0.511. The summed E-state index contributed by atoms with van der Waals surface area (Å²) in [5.41, 5.74) is 1.00. The number of hydrogen-bond acceptors (Lipinski definition) is 5. The molecule has 25 heavy (non-hydrogen) atoms. The van der Waals surface area contributed by atoms with Crippen LogP contribution in [-0.2, 0) is 31.2 Å². The van der Waals surface area contributed by atoms with Crippen LogP contribution in [0.2, 0.25) is 0 Å². The van der Waals surface area contributed by atoms with Crippen molar-refractivity contribution in [3.05, 3.63) is 29.8 Å². The number of sulfone groups is 1. The van der Waals surface area contributed by atoms with Gasteiger partial charge in [-0.05, 0) is 24.5 Å². The van der Waals surface area contributed by atoms with Crippen LogP contribution in [0.25, 0.3) is 0 Å². The summed E-state index contributed by atoms with van der Waals surface area (Å²) in [5, 5.41) is 2.34. The van der Waals surface area contributed by atoms with Crippen molar-refractivity contribution < 1.29 is 21.6 Å². The first kappa shape index (κ1) is 19.7. The minimum Gasteiger partial charge on any atom is -0.352 e. The lowest BCUT2D eigenvalue weighted by Crippen LogP contribution is -2.28. The number of benzene rings is 1. The smallest absolute Gasteiger partial charge is 0.229 e. The molecular formula is C16H24N2O5S2. The van der Waals surface area contributed by atoms with Gasteiger partial charge in [-0.2, -0.15) is 0 Å². The van der Waals surface area contributed by atoms with Gasteiger partial charge < -0.3 is 5.32 Å². The molecule has 0 aliphatic heterocycles. The van der Waals surface area contributed by atoms with Crippen LogP contribution in [0.4, 0.5) is 5.69 Å². The van der Waals surface area contributed by atoms with Gasteiger partial charge in [-0.3, -0.25) is 9.52 Å². The van der Waals surface area contributed by atoms with Gasteiger partial charge in [0, 0.05) is 13.0 Å². The Morgan fingerprint density at radius 1 is 1.12 bits per heavy atom. The van der Waals surface area contributed by atoms with Crippen LogP contribution >= 0.6 is 0 Å². The predicted molar refractivity (Wildman–Crippen MR) is 97.4 cm³/mol. The maximum Gasteiger partial charge on any atom is 0.229 e. The Bertz CT molecular complexity index is 813. The standard InChI is InChI=1S/C16H24N2O5S2/c1-24(20,21)18-15-9-5-2-6-13(15)12-17-16(19)10-11-25(22,23)14-7-3-4-8-14/h2,5-6,9,14,18H,3-4,7-8,10-12H2,1H3,(H,17,19). The van der Waals surface area contributed by atoms with E-state index in [1.807, 2.05) is 0 Å². The lowest BCUT2D eigenvalue weighted by Gasteiger charge is -2.13. The van der Waals surface area contributed by atoms with E-state index in [1.54, 1.807) is 24.3 Å². The molecule has 1 fully saturated rings. The lowest BCUT2D eigenvalue weighted by molar-refractivity contribution is -0.120. The molecule has 1 aliphatic carbocycles. The molecule has 1 saturated carbocycles. The lowest BCUT2D eigenvalue weighted by atomic mass is 10.2. The van der Waals surface area contributed by atoms with Crippen molar-refractivity contribution in [2.24, 2.45) is 0 Å². The van der Waals surface area contributed by atoms with Crippen LogP contribution in [0.3, 0.4) is 0 Å². The summed E-state index contributed by atoms with van der Waals surface area (Å²) in [6.07, 6.45) is 4.21. The van der Waals surface area contributed by atoms with Crippen molar-refractivity contribution in [3.8, 4) is 0 Å². The van der Waals surface area contributed by atoms with Gasteiger partial charge in [0.05, 0.1) is 22.9 Å². The van der Waals surface area contributed by atoms with Gasteiger partial charge in [-0.25, -0.2) is 16.8 Å². The molecule has 1 aromatic carbocycles. The molecule has 1 aliphatic rings. The third-order valence-electron chi connectivity index (χ3n) is 4.21. The highest BCUT2D eigenvalue weighted by atomic mass is 32.2. The Kier molecular flexibility index (Phi) is 6.45. The fourth-order valence-corrected chi connectivity index (χ4v) is 5.36. The summed E-state index contributed by atoms with van der Waals surface area (Å²) in [7, 11) is -6.64. The van der Waals surface area contributed by atoms with Crippen molar-refractivity contribution in [1.29, 1.82) is 0 Å². The molecule has 140 valence electrons. The van der Waals surface area contributed by atoms with E-state index >= 15 is 0 Å². The number of amides is 1. The van der Waals surface area contributed by atoms with Crippen molar-refractivity contribution in [2.45, 2.75) is 43.9 Å². The molecule has 0 saturated heterocycles. The Morgan fingerprint density at radius 3 is 2.40 bits per heavy atom. The van der Waals surface area contributed by atoms with E-state index in [-0.39, 0.29) is 29.9 Å². The first-order chi connectivity index (χ1) is 11.7. The fraction of sp³-hybridized carbons (Fsp3) is 0.562. The maximum atomic E-state index is 12.2. The first-order valence-electron chi connectivity index (χ1n) is 8.21. The summed E-state index contributed by atoms with van der Waals surface area (Å²) in [4.78, 5) is 12.0. The molecule has 0 atom stereocenters. The van der Waals surface area contributed by atoms with Gasteiger partial charge in [0.2, 0.25) is 15.9 Å². The molecule has 2 N–H and O–H groups in total. The molecule has 9 heteroatoms. The molecule has 0 spiro atoms. The van der Waals surface area contributed by atoms with E-state index in [9.17, 15) is 21.6 Å². The van der Waals surface area contributed by atoms with Gasteiger partial charge in [0.1, 0.15) is 0 Å². The minimum absolute atomic E-state index is 0.0828. The highest BCUT2D eigenvalue weighted by Gasteiger charge is 2.28. The van der Waals surface area contributed by atoms with Gasteiger partial charge >= 0.3 is 0 Å². The molecule has 1 aromatic rings. The number of carbonyl (C=O) groups excluding carboxylic acids is 1. The topological polar surface area (TPSA) is 109 Å². The van der Waals surface area contributed by atoms with E-state index in [0.717, 1.165) is 19.1 Å². The van der Waals surface area contributed by atoms with Crippen molar-refractivity contribution in [2.75, 3.05) is 16.7 Å². The van der Waals surface area contributed by atoms with Crippen molar-refractivity contribution >= 4 is 31.5 Å². The highest BCUT2D eigenvalue weighted by molar-refractivity contribution is 7.92. The fourth-order valence-electron chi connectivity index (χ4n) is 2.91. The maximum absolute atomic E-state index is 12.2. The number of sulfonamides is 1. The predicted octanol–water partition coefficient (Wildman–Crippen LogP) is 1.42. The average Bonchev–Trinajstić information content (AvgIpc) is 3.06. The summed E-state index contributed by atoms with van der Waals surface area (Å²) in [6.45, 7) is 0.126. The van der Waals surface area contributed by atoms with E-state index in [4.69, 9.17) is 0 Å². The van der Waals surface area contributed by atoms with Gasteiger partial charge in [-0.1, -0.05) is 31.0 Å². The quantitative estimate of drug-likeness (QED) is 0.700. The zero-order chi connectivity index (χ0) is 18.5. The number of hydrogen-bond donors (Lipinski definition) is 2. The zero-order valence-corrected chi connectivity index (χ0v) is 15.8. The van der Waals surface area contributed by atoms with Crippen LogP contribution < -0.4 is 10.0 Å². The Labute approximate surface area is 149 Å². The van der Waals surface area contributed by atoms with Gasteiger partial charge in [0.15, 0.2) is 9.84 Å². The number of carbonyl (C=O) groups is 1. The van der Waals surface area contributed by atoms with E-state index in [1.165, 1.54) is 0 Å². The molecule has 1 amide bonds. The monoisotopic (exact) mass is 388 g/mol. The van der Waals surface area contributed by atoms with Gasteiger partial charge in [0.25, 0.3) is 0 Å². The molecule has 0 bridgehead atoms. The summed E-state index contributed by atoms with van der Waals surface area (Å²) < 4.78 is 49.5.